The molecule has 1 unspecified atom stereocenters. The molecule has 16 heteroatoms. The molecule has 0 fully saturated rings. The second-order valence-corrected chi connectivity index (χ2v) is 22.7. The van der Waals surface area contributed by atoms with E-state index in [2.05, 4.69) is 112 Å². The number of carbonyl (C=O) groups is 1. The summed E-state index contributed by atoms with van der Waals surface area (Å²) in [6.45, 7) is 6.14. The van der Waals surface area contributed by atoms with Crippen molar-refractivity contribution in [3.8, 4) is 0 Å². The minimum atomic E-state index is -0.00935. The summed E-state index contributed by atoms with van der Waals surface area (Å²) in [6, 6.07) is 38.3. The number of Topliss-reactive ketones (excluding diaryl/α,β-unsaturated/α-hetero) is 1. The van der Waals surface area contributed by atoms with Gasteiger partial charge in [-0.2, -0.15) is 0 Å². The van der Waals surface area contributed by atoms with Crippen molar-refractivity contribution in [1.29, 1.82) is 0 Å². The van der Waals surface area contributed by atoms with Crippen molar-refractivity contribution in [2.24, 2.45) is 27.7 Å². The number of nitrogens with one attached hydrogen (secondary N) is 7. The van der Waals surface area contributed by atoms with Crippen LogP contribution in [0, 0.1) is 22.5 Å². The number of aromatic nitrogens is 4. The first kappa shape index (κ1) is 58.7. The van der Waals surface area contributed by atoms with Gasteiger partial charge in [-0.05, 0) is 134 Å². The largest absolute Gasteiger partial charge is 0.355 e. The summed E-state index contributed by atoms with van der Waals surface area (Å²) < 4.78 is 0.619. The number of carbonyl (C=O) groups excluding carboxylic acids is 1. The van der Waals surface area contributed by atoms with E-state index in [0.29, 0.717) is 31.4 Å². The molecule has 6 aliphatic rings. The fourth-order valence-corrected chi connectivity index (χ4v) is 11.8. The predicted molar refractivity (Wildman–Crippen MR) is 336 cm³/mol. The number of hydrogen-bond acceptors (Lipinski definition) is 9. The first-order valence-electron chi connectivity index (χ1n) is 27.7. The Hall–Kier alpha value is -6.93. The van der Waals surface area contributed by atoms with Crippen LogP contribution in [0.4, 0.5) is 0 Å². The number of aryl methyl sites for hydroxylation is 2. The van der Waals surface area contributed by atoms with Crippen molar-refractivity contribution in [2.75, 3.05) is 13.1 Å². The fraction of sp³-hybridized carbons (Fsp3) is 0.277. The number of aromatic amines is 3. The van der Waals surface area contributed by atoms with E-state index in [0.717, 1.165) is 102 Å². The Kier molecular flexibility index (Phi) is 21.5. The lowest BCUT2D eigenvalue weighted by Gasteiger charge is -2.24. The zero-order valence-electron chi connectivity index (χ0n) is 45.2. The van der Waals surface area contributed by atoms with Crippen molar-refractivity contribution in [3.63, 3.8) is 0 Å². The molecule has 0 radical (unpaired) electrons. The van der Waals surface area contributed by atoms with Gasteiger partial charge in [-0.15, -0.1) is 0 Å². The lowest BCUT2D eigenvalue weighted by Crippen LogP contribution is -2.33. The standard InChI is InChI=1S/C16H12Cl2N2.C15H17N.C14H14N2OS.C10H11Cl2N3.C10H14N2/c17-13-8-4-7-12(16(13)18)15(14-9-19-10-20-14)11-5-2-1-3-6-11;1-2-5-14-10-12(7-8-13(14)4-1)11-15-6-3-9-16-15;17-13-10(7-11-8-15-14(18)16-11)6-5-9-3-1-2-4-12(9)13;11-8-3-1-2-7(9(8)12)6-15-10-13-4-5-14-10;1-8-11-7-10(12-8)6-9-4-2-3-5-9/h1-10,15H,(H,19,20);1-2,4-6,9,12H,3,7-8,10-11H2;1-4,8,10H,5-7H2,(H2,15,16,18);1-3H,4-6H2,(H2,13,14,15);2-3,7,9,11-12H,1,4-6H2/t;12-;10-;;/m.10../s1. The second-order valence-electron chi connectivity index (χ2n) is 20.7. The monoisotopic (exact) mass is 1180 g/mol. The molecule has 81 heavy (non-hydrogen) atoms. The Balaban J connectivity index is 0.000000123. The minimum Gasteiger partial charge on any atom is -0.355 e. The summed E-state index contributed by atoms with van der Waals surface area (Å²) in [6.07, 6.45) is 28.4. The van der Waals surface area contributed by atoms with Gasteiger partial charge in [0.2, 0.25) is 0 Å². The molecule has 2 aromatic heterocycles. The number of allylic oxidation sites excluding steroid dienone is 5. The third kappa shape index (κ3) is 16.8. The number of benzene rings is 5. The van der Waals surface area contributed by atoms with E-state index >= 15 is 0 Å². The van der Waals surface area contributed by atoms with Crippen molar-refractivity contribution >= 4 is 76.6 Å². The summed E-state index contributed by atoms with van der Waals surface area (Å²) in [4.78, 5) is 34.3. The molecule has 0 amide bonds. The van der Waals surface area contributed by atoms with Crippen molar-refractivity contribution in [3.05, 3.63) is 257 Å². The van der Waals surface area contributed by atoms with Crippen LogP contribution in [-0.2, 0) is 32.2 Å². The van der Waals surface area contributed by atoms with Crippen LogP contribution in [0.5, 0.6) is 0 Å². The molecule has 3 aliphatic heterocycles. The molecule has 0 saturated carbocycles. The van der Waals surface area contributed by atoms with Gasteiger partial charge in [0.15, 0.2) is 16.5 Å². The average Bonchev–Trinajstić information content (AvgIpc) is 4.38. The van der Waals surface area contributed by atoms with Gasteiger partial charge in [-0.1, -0.05) is 174 Å². The number of nitrogens with zero attached hydrogens (tertiary/aromatic N) is 3. The molecular formula is C65H68Cl4N10OS. The molecule has 0 spiro atoms. The molecule has 13 rings (SSSR count). The van der Waals surface area contributed by atoms with E-state index < -0.39 is 0 Å². The molecule has 3 atom stereocenters. The molecule has 3 aliphatic carbocycles. The van der Waals surface area contributed by atoms with Crippen molar-refractivity contribution in [1.82, 2.24) is 41.2 Å². The van der Waals surface area contributed by atoms with Gasteiger partial charge in [-0.3, -0.25) is 14.8 Å². The number of ketones is 1. The molecule has 11 nitrogen and oxygen atoms in total. The Morgan fingerprint density at radius 3 is 2.21 bits per heavy atom. The second kappa shape index (κ2) is 29.7. The lowest BCUT2D eigenvalue weighted by molar-refractivity contribution is 0.0900. The summed E-state index contributed by atoms with van der Waals surface area (Å²) in [5, 5.41) is 14.9. The molecular weight excluding hydrogens is 1110 g/mol. The number of imidazole rings is 2. The number of aliphatic imine (C=N–C) groups is 2. The predicted octanol–water partition coefficient (Wildman–Crippen LogP) is 15.4. The van der Waals surface area contributed by atoms with Gasteiger partial charge in [0.1, 0.15) is 0 Å². The van der Waals surface area contributed by atoms with Crippen molar-refractivity contribution < 1.29 is 4.79 Å². The maximum atomic E-state index is 12.4. The van der Waals surface area contributed by atoms with E-state index in [9.17, 15) is 4.79 Å². The summed E-state index contributed by atoms with van der Waals surface area (Å²) in [7, 11) is 0. The van der Waals surface area contributed by atoms with E-state index in [4.69, 9.17) is 58.6 Å². The van der Waals surface area contributed by atoms with Crippen LogP contribution in [0.3, 0.4) is 0 Å². The molecule has 418 valence electrons. The molecule has 5 aromatic carbocycles. The van der Waals surface area contributed by atoms with Gasteiger partial charge in [0.05, 0.1) is 44.7 Å². The van der Waals surface area contributed by atoms with Crippen LogP contribution < -0.4 is 21.3 Å². The number of rotatable bonds is 11. The number of fused-ring (bicyclic) bond motifs is 2. The van der Waals surface area contributed by atoms with E-state index in [-0.39, 0.29) is 17.6 Å². The summed E-state index contributed by atoms with van der Waals surface area (Å²) >= 11 is 29.5. The Morgan fingerprint density at radius 1 is 0.765 bits per heavy atom. The van der Waals surface area contributed by atoms with Gasteiger partial charge in [-0.25, -0.2) is 4.98 Å². The third-order valence-electron chi connectivity index (χ3n) is 15.0. The summed E-state index contributed by atoms with van der Waals surface area (Å²) in [5.74, 6) is 3.65. The molecule has 0 saturated heterocycles. The van der Waals surface area contributed by atoms with E-state index in [1.165, 1.54) is 55.5 Å². The van der Waals surface area contributed by atoms with Crippen LogP contribution in [-0.4, -0.2) is 51.0 Å². The highest BCUT2D eigenvalue weighted by Crippen LogP contribution is 2.38. The number of hydrogen-bond donors (Lipinski definition) is 7. The van der Waals surface area contributed by atoms with Gasteiger partial charge < -0.3 is 36.2 Å². The SMILES string of the molecule is C1=NC(C[C@@H]2CCc3ccccc3C2)=CC1.C=C1NC=C(CC2CC=CC2)N1.Clc1cccc(C(c2ccccc2)c2cnc[nH]2)c1Cl.Clc1cccc(CNC2=NCCN2)c1Cl.O=C1c2ccccc2CC[C@H]1Cc1c[nH]c(=S)[nH]1. The normalized spacial score (nSPS) is 17.8. The van der Waals surface area contributed by atoms with Crippen LogP contribution in [0.15, 0.2) is 192 Å². The minimum absolute atomic E-state index is 0.00935. The van der Waals surface area contributed by atoms with Crippen LogP contribution in [0.2, 0.25) is 20.1 Å². The van der Waals surface area contributed by atoms with Crippen molar-refractivity contribution in [2.45, 2.75) is 83.1 Å². The quantitative estimate of drug-likeness (QED) is 0.0503. The van der Waals surface area contributed by atoms with Crippen LogP contribution >= 0.6 is 58.6 Å². The summed E-state index contributed by atoms with van der Waals surface area (Å²) in [5.41, 5.74) is 12.8. The topological polar surface area (TPSA) is 150 Å². The number of halogens is 4. The van der Waals surface area contributed by atoms with E-state index in [1.54, 1.807) is 29.6 Å². The molecule has 5 heterocycles. The zero-order chi connectivity index (χ0) is 56.3. The highest BCUT2D eigenvalue weighted by molar-refractivity contribution is 7.71. The molecule has 0 bridgehead atoms. The smallest absolute Gasteiger partial charge is 0.191 e. The third-order valence-corrected chi connectivity index (χ3v) is 16.9. The average molecular weight is 1180 g/mol. The zero-order valence-corrected chi connectivity index (χ0v) is 49.0. The highest BCUT2D eigenvalue weighted by atomic mass is 35.5. The number of H-pyrrole nitrogens is 3. The highest BCUT2D eigenvalue weighted by Gasteiger charge is 2.28. The number of guanidine groups is 1. The van der Waals surface area contributed by atoms with Gasteiger partial charge >= 0.3 is 0 Å². The lowest BCUT2D eigenvalue weighted by atomic mass is 9.81. The van der Waals surface area contributed by atoms with Crippen LogP contribution in [0.25, 0.3) is 0 Å². The first-order valence-corrected chi connectivity index (χ1v) is 29.6. The Morgan fingerprint density at radius 2 is 1.51 bits per heavy atom. The van der Waals surface area contributed by atoms with Crippen LogP contribution in [0.1, 0.15) is 106 Å². The van der Waals surface area contributed by atoms with E-state index in [1.807, 2.05) is 91.5 Å². The molecule has 7 aromatic rings. The molecule has 7 N–H and O–H groups in total. The Labute approximate surface area is 500 Å². The maximum absolute atomic E-state index is 12.4. The fourth-order valence-electron chi connectivity index (χ4n) is 10.8. The Bertz CT molecular complexity index is 3450. The van der Waals surface area contributed by atoms with Gasteiger partial charge in [0.25, 0.3) is 0 Å². The first-order chi connectivity index (χ1) is 39.5. The maximum Gasteiger partial charge on any atom is 0.191 e. The van der Waals surface area contributed by atoms with Gasteiger partial charge in [0, 0.05) is 78.6 Å².